The van der Waals surface area contributed by atoms with Crippen LogP contribution in [-0.4, -0.2) is 29.8 Å². The van der Waals surface area contributed by atoms with Crippen LogP contribution >= 0.6 is 11.6 Å². The molecule has 3 amide bonds. The Kier molecular flexibility index (Phi) is 5.16. The molecule has 0 fully saturated rings. The molecule has 0 saturated carbocycles. The van der Waals surface area contributed by atoms with Crippen LogP contribution in [0.25, 0.3) is 0 Å². The number of fused-ring (bicyclic) bond motifs is 3. The number of anilines is 1. The van der Waals surface area contributed by atoms with Gasteiger partial charge in [0.2, 0.25) is 0 Å². The molecular formula is C25H15ClF5N3O4. The van der Waals surface area contributed by atoms with Crippen LogP contribution in [0.2, 0.25) is 5.02 Å². The second-order valence-electron chi connectivity index (χ2n) is 8.41. The molecule has 0 aromatic heterocycles. The van der Waals surface area contributed by atoms with Crippen molar-refractivity contribution in [2.45, 2.75) is 18.8 Å². The lowest BCUT2D eigenvalue weighted by Crippen LogP contribution is -2.34. The first-order chi connectivity index (χ1) is 19.0. The number of nitrogens with one attached hydrogen (secondary N) is 2. The highest BCUT2D eigenvalue weighted by Gasteiger charge is 2.41. The topological polar surface area (TPSA) is 87.7 Å². The van der Waals surface area contributed by atoms with E-state index < -0.39 is 66.4 Å². The van der Waals surface area contributed by atoms with E-state index in [2.05, 4.69) is 10.6 Å². The van der Waals surface area contributed by atoms with Crippen molar-refractivity contribution in [1.29, 1.82) is 0 Å². The van der Waals surface area contributed by atoms with Gasteiger partial charge in [0, 0.05) is 44.1 Å². The maximum atomic E-state index is 14.2. The molecule has 1 atom stereocenters. The van der Waals surface area contributed by atoms with E-state index in [1.54, 1.807) is 0 Å². The lowest BCUT2D eigenvalue weighted by Gasteiger charge is -2.27. The summed E-state index contributed by atoms with van der Waals surface area (Å²) in [4.78, 5) is 39.1. The molecule has 3 aromatic carbocycles. The number of ether oxygens (including phenoxy) is 1. The van der Waals surface area contributed by atoms with Crippen LogP contribution in [0.3, 0.4) is 0 Å². The number of carbonyl (C=O) groups excluding carboxylic acids is 3. The molecule has 2 heterocycles. The van der Waals surface area contributed by atoms with Crippen LogP contribution in [-0.2, 0) is 12.7 Å². The van der Waals surface area contributed by atoms with Gasteiger partial charge in [0.25, 0.3) is 11.8 Å². The summed E-state index contributed by atoms with van der Waals surface area (Å²) in [5.74, 6) is -4.50. The number of amides is 3. The van der Waals surface area contributed by atoms with E-state index in [-0.39, 0.29) is 44.8 Å². The van der Waals surface area contributed by atoms with Crippen molar-refractivity contribution in [1.82, 2.24) is 10.2 Å². The van der Waals surface area contributed by atoms with E-state index in [0.29, 0.717) is 17.0 Å². The first kappa shape index (κ1) is 21.9. The fraction of sp³-hybridized carbons (Fsp3) is 0.160. The molecule has 0 saturated heterocycles. The van der Waals surface area contributed by atoms with Crippen molar-refractivity contribution in [3.05, 3.63) is 92.5 Å². The van der Waals surface area contributed by atoms with Crippen molar-refractivity contribution in [3.63, 3.8) is 0 Å². The predicted molar refractivity (Wildman–Crippen MR) is 124 cm³/mol. The van der Waals surface area contributed by atoms with Crippen molar-refractivity contribution in [2.24, 2.45) is 0 Å². The van der Waals surface area contributed by atoms with Gasteiger partial charge < -0.3 is 20.3 Å². The molecule has 0 aliphatic carbocycles. The Morgan fingerprint density at radius 1 is 1.16 bits per heavy atom. The molecule has 0 unspecified atom stereocenters. The number of rotatable bonds is 3. The number of hydrogen-bond donors (Lipinski definition) is 2. The molecule has 2 N–H and O–H groups in total. The third-order valence-electron chi connectivity index (χ3n) is 5.93. The van der Waals surface area contributed by atoms with Crippen molar-refractivity contribution in [2.75, 3.05) is 12.3 Å². The fourth-order valence-corrected chi connectivity index (χ4v) is 4.53. The standard InChI is InChI=1S/C25H15ClF5N3O4/c1-34-9-11-6-17(32-22(35)10-4-12(25(29,30)31)7-14(28)5-10)18-19(21(11)38-24(34)37)23(36)33-20(18)15-8-13(27)2-3-16(15)26/h2-8,20H,9H2,1H3,(H,32,35)(H,33,36)/t20-/m1/s1/i1D3. The average Bonchev–Trinajstić information content (AvgIpc) is 3.21. The Labute approximate surface area is 220 Å². The van der Waals surface area contributed by atoms with Gasteiger partial charge in [-0.25, -0.2) is 13.6 Å². The summed E-state index contributed by atoms with van der Waals surface area (Å²) in [5, 5.41) is 4.86. The summed E-state index contributed by atoms with van der Waals surface area (Å²) < 4.78 is 95.9. The molecule has 5 rings (SSSR count). The largest absolute Gasteiger partial charge is 0.416 e. The van der Waals surface area contributed by atoms with Gasteiger partial charge in [-0.1, -0.05) is 11.6 Å². The Morgan fingerprint density at radius 2 is 1.92 bits per heavy atom. The molecular weight excluding hydrogens is 537 g/mol. The molecule has 2 aliphatic rings. The summed E-state index contributed by atoms with van der Waals surface area (Å²) in [6, 6.07) is 4.33. The first-order valence-electron chi connectivity index (χ1n) is 12.2. The van der Waals surface area contributed by atoms with E-state index in [1.807, 2.05) is 0 Å². The predicted octanol–water partition coefficient (Wildman–Crippen LogP) is 5.67. The smallest absolute Gasteiger partial charge is 0.409 e. The molecule has 38 heavy (non-hydrogen) atoms. The fourth-order valence-electron chi connectivity index (χ4n) is 4.30. The number of hydrogen-bond acceptors (Lipinski definition) is 4. The van der Waals surface area contributed by atoms with Crippen LogP contribution in [0.4, 0.5) is 32.4 Å². The zero-order valence-electron chi connectivity index (χ0n) is 21.7. The quantitative estimate of drug-likeness (QED) is 0.409. The minimum atomic E-state index is -4.97. The molecule has 3 aromatic rings. The third-order valence-corrected chi connectivity index (χ3v) is 6.27. The molecule has 0 spiro atoms. The Morgan fingerprint density at radius 3 is 2.63 bits per heavy atom. The third kappa shape index (κ3) is 4.40. The van der Waals surface area contributed by atoms with Crippen LogP contribution in [0.1, 0.15) is 53.1 Å². The maximum absolute atomic E-state index is 14.2. The average molecular weight is 555 g/mol. The monoisotopic (exact) mass is 554 g/mol. The molecule has 196 valence electrons. The lowest BCUT2D eigenvalue weighted by atomic mass is 9.93. The summed E-state index contributed by atoms with van der Waals surface area (Å²) >= 11 is 6.25. The summed E-state index contributed by atoms with van der Waals surface area (Å²) in [7, 11) is 0. The van der Waals surface area contributed by atoms with Gasteiger partial charge in [-0.3, -0.25) is 9.59 Å². The van der Waals surface area contributed by atoms with Gasteiger partial charge >= 0.3 is 12.3 Å². The van der Waals surface area contributed by atoms with Crippen molar-refractivity contribution >= 4 is 35.2 Å². The number of alkyl halides is 3. The van der Waals surface area contributed by atoms with E-state index >= 15 is 0 Å². The number of halogens is 6. The van der Waals surface area contributed by atoms with Gasteiger partial charge in [0.05, 0.1) is 23.7 Å². The SMILES string of the molecule is [2H]C([2H])([2H])N1Cc2cc(NC(=O)c3cc(F)cc(C(F)(F)F)c3)c3c(c2OC1=O)C(=O)N[C@@H]3c1cc(F)ccc1Cl. The Bertz CT molecular complexity index is 1650. The lowest BCUT2D eigenvalue weighted by molar-refractivity contribution is -0.137. The second kappa shape index (κ2) is 8.98. The highest BCUT2D eigenvalue weighted by molar-refractivity contribution is 6.31. The van der Waals surface area contributed by atoms with Crippen LogP contribution in [0, 0.1) is 11.6 Å². The Hall–Kier alpha value is -4.19. The van der Waals surface area contributed by atoms with E-state index in [9.17, 15) is 36.3 Å². The van der Waals surface area contributed by atoms with Gasteiger partial charge in [-0.15, -0.1) is 0 Å². The zero-order chi connectivity index (χ0) is 30.0. The van der Waals surface area contributed by atoms with Crippen LogP contribution in [0.15, 0.2) is 42.5 Å². The highest BCUT2D eigenvalue weighted by Crippen LogP contribution is 2.46. The summed E-state index contributed by atoms with van der Waals surface area (Å²) in [5.41, 5.74) is -2.85. The minimum absolute atomic E-state index is 0.00920. The maximum Gasteiger partial charge on any atom is 0.416 e. The molecule has 7 nitrogen and oxygen atoms in total. The van der Waals surface area contributed by atoms with Crippen LogP contribution in [0.5, 0.6) is 5.75 Å². The van der Waals surface area contributed by atoms with Gasteiger partial charge in [0.15, 0.2) is 5.75 Å². The highest BCUT2D eigenvalue weighted by atomic mass is 35.5. The minimum Gasteiger partial charge on any atom is -0.409 e. The van der Waals surface area contributed by atoms with Crippen LogP contribution < -0.4 is 15.4 Å². The van der Waals surface area contributed by atoms with Crippen molar-refractivity contribution in [3.8, 4) is 5.75 Å². The molecule has 0 radical (unpaired) electrons. The number of nitrogens with zero attached hydrogens (tertiary/aromatic N) is 1. The second-order valence-corrected chi connectivity index (χ2v) is 8.82. The molecule has 13 heteroatoms. The van der Waals surface area contributed by atoms with Crippen molar-refractivity contribution < 1.29 is 45.2 Å². The van der Waals surface area contributed by atoms with E-state index in [0.717, 1.165) is 18.2 Å². The normalized spacial score (nSPS) is 18.0. The van der Waals surface area contributed by atoms with Gasteiger partial charge in [-0.05, 0) is 42.5 Å². The number of carbonyl (C=O) groups is 3. The summed E-state index contributed by atoms with van der Waals surface area (Å²) in [6.07, 6.45) is -6.27. The molecule has 0 bridgehead atoms. The van der Waals surface area contributed by atoms with E-state index in [1.165, 1.54) is 6.07 Å². The zero-order valence-corrected chi connectivity index (χ0v) is 19.4. The van der Waals surface area contributed by atoms with E-state index in [4.69, 9.17) is 20.5 Å². The summed E-state index contributed by atoms with van der Waals surface area (Å²) in [6.45, 7) is -3.55. The Balaban J connectivity index is 1.68. The van der Waals surface area contributed by atoms with Gasteiger partial charge in [0.1, 0.15) is 11.6 Å². The first-order valence-corrected chi connectivity index (χ1v) is 11.1. The molecule has 2 aliphatic heterocycles. The number of benzene rings is 3. The van der Waals surface area contributed by atoms with Gasteiger partial charge in [-0.2, -0.15) is 13.2 Å².